The Bertz CT molecular complexity index is 574. The first kappa shape index (κ1) is 16.7. The Morgan fingerprint density at radius 1 is 1.30 bits per heavy atom. The predicted molar refractivity (Wildman–Crippen MR) is 80.2 cm³/mol. The van der Waals surface area contributed by atoms with Gasteiger partial charge in [0, 0.05) is 6.54 Å². The molecule has 0 heterocycles. The summed E-state index contributed by atoms with van der Waals surface area (Å²) in [5, 5.41) is 8.81. The van der Waals surface area contributed by atoms with Crippen molar-refractivity contribution in [3.05, 3.63) is 29.8 Å². The van der Waals surface area contributed by atoms with Crippen LogP contribution in [0, 0.1) is 17.2 Å². The monoisotopic (exact) mass is 294 g/mol. The van der Waals surface area contributed by atoms with Crippen LogP contribution in [0.5, 0.6) is 0 Å². The maximum Gasteiger partial charge on any atom is 0.179 e. The number of hydrogen-bond donors (Lipinski definition) is 0. The molecule has 0 unspecified atom stereocenters. The van der Waals surface area contributed by atoms with Gasteiger partial charge in [-0.1, -0.05) is 19.9 Å². The summed E-state index contributed by atoms with van der Waals surface area (Å²) in [6, 6.07) is 8.15. The molecule has 0 fully saturated rings. The zero-order valence-corrected chi connectivity index (χ0v) is 13.2. The summed E-state index contributed by atoms with van der Waals surface area (Å²) < 4.78 is 24.4. The van der Waals surface area contributed by atoms with Crippen LogP contribution in [-0.4, -0.2) is 39.2 Å². The third-order valence-electron chi connectivity index (χ3n) is 3.15. The minimum atomic E-state index is -3.32. The van der Waals surface area contributed by atoms with Gasteiger partial charge in [0.05, 0.1) is 22.3 Å². The molecule has 0 aliphatic rings. The molecule has 0 radical (unpaired) electrons. The van der Waals surface area contributed by atoms with Gasteiger partial charge in [-0.3, -0.25) is 0 Å². The molecule has 5 heteroatoms. The van der Waals surface area contributed by atoms with Crippen LogP contribution in [0.3, 0.4) is 0 Å². The van der Waals surface area contributed by atoms with Gasteiger partial charge in [0.2, 0.25) is 0 Å². The first-order valence-corrected chi connectivity index (χ1v) is 8.42. The number of sulfone groups is 1. The van der Waals surface area contributed by atoms with Gasteiger partial charge < -0.3 is 4.90 Å². The van der Waals surface area contributed by atoms with Crippen molar-refractivity contribution in [1.29, 1.82) is 5.26 Å². The van der Waals surface area contributed by atoms with E-state index in [1.807, 2.05) is 18.0 Å². The molecule has 0 saturated carbocycles. The first-order chi connectivity index (χ1) is 9.35. The number of benzene rings is 1. The number of nitrogens with zero attached hydrogens (tertiary/aromatic N) is 2. The van der Waals surface area contributed by atoms with E-state index in [-0.39, 0.29) is 10.6 Å². The fourth-order valence-corrected chi connectivity index (χ4v) is 3.12. The van der Waals surface area contributed by atoms with E-state index in [1.165, 1.54) is 6.07 Å². The van der Waals surface area contributed by atoms with E-state index >= 15 is 0 Å². The molecule has 0 amide bonds. The van der Waals surface area contributed by atoms with Gasteiger partial charge in [-0.25, -0.2) is 8.42 Å². The van der Waals surface area contributed by atoms with Gasteiger partial charge in [0.1, 0.15) is 0 Å². The van der Waals surface area contributed by atoms with Crippen LogP contribution in [-0.2, 0) is 9.84 Å². The van der Waals surface area contributed by atoms with Crippen LogP contribution in [0.1, 0.15) is 25.8 Å². The van der Waals surface area contributed by atoms with Crippen LogP contribution >= 0.6 is 0 Å². The Morgan fingerprint density at radius 3 is 2.60 bits per heavy atom. The standard InChI is InChI=1S/C15H22N2O2S/c1-13(2)7-8-17(3)9-10-20(18,19)15-6-4-5-14(11-15)12-16/h4-6,11,13H,7-10H2,1-3H3. The Morgan fingerprint density at radius 2 is 2.00 bits per heavy atom. The molecule has 0 N–H and O–H groups in total. The average molecular weight is 294 g/mol. The lowest BCUT2D eigenvalue weighted by Crippen LogP contribution is -2.27. The minimum absolute atomic E-state index is 0.0798. The molecule has 0 spiro atoms. The van der Waals surface area contributed by atoms with E-state index in [1.54, 1.807) is 18.2 Å². The number of hydrogen-bond acceptors (Lipinski definition) is 4. The Balaban J connectivity index is 2.64. The molecule has 110 valence electrons. The molecule has 0 aromatic heterocycles. The van der Waals surface area contributed by atoms with Crippen molar-refractivity contribution >= 4 is 9.84 Å². The number of rotatable bonds is 7. The highest BCUT2D eigenvalue weighted by Crippen LogP contribution is 2.13. The quantitative estimate of drug-likeness (QED) is 0.774. The largest absolute Gasteiger partial charge is 0.305 e. The summed E-state index contributed by atoms with van der Waals surface area (Å²) in [6.07, 6.45) is 1.06. The second kappa shape index (κ2) is 7.41. The van der Waals surface area contributed by atoms with Crippen molar-refractivity contribution in [1.82, 2.24) is 4.90 Å². The maximum atomic E-state index is 12.2. The molecule has 0 aliphatic carbocycles. The first-order valence-electron chi connectivity index (χ1n) is 6.76. The molecule has 1 aromatic carbocycles. The van der Waals surface area contributed by atoms with E-state index in [0.717, 1.165) is 13.0 Å². The van der Waals surface area contributed by atoms with Crippen molar-refractivity contribution in [2.75, 3.05) is 25.9 Å². The van der Waals surface area contributed by atoms with E-state index in [0.29, 0.717) is 18.0 Å². The minimum Gasteiger partial charge on any atom is -0.305 e. The SMILES string of the molecule is CC(C)CCN(C)CCS(=O)(=O)c1cccc(C#N)c1. The summed E-state index contributed by atoms with van der Waals surface area (Å²) >= 11 is 0. The number of nitriles is 1. The van der Waals surface area contributed by atoms with Gasteiger partial charge in [-0.05, 0) is 44.1 Å². The Kier molecular flexibility index (Phi) is 6.18. The zero-order valence-electron chi connectivity index (χ0n) is 12.3. The average Bonchev–Trinajstić information content (AvgIpc) is 2.43. The van der Waals surface area contributed by atoms with Crippen LogP contribution in [0.2, 0.25) is 0 Å². The summed E-state index contributed by atoms with van der Waals surface area (Å²) in [4.78, 5) is 2.26. The van der Waals surface area contributed by atoms with E-state index in [2.05, 4.69) is 13.8 Å². The summed E-state index contributed by atoms with van der Waals surface area (Å²) in [5.74, 6) is 0.692. The Hall–Kier alpha value is -1.38. The van der Waals surface area contributed by atoms with Crippen LogP contribution in [0.15, 0.2) is 29.2 Å². The van der Waals surface area contributed by atoms with Gasteiger partial charge in [-0.2, -0.15) is 5.26 Å². The molecule has 0 aliphatic heterocycles. The molecule has 0 saturated heterocycles. The maximum absolute atomic E-state index is 12.2. The van der Waals surface area contributed by atoms with Gasteiger partial charge in [0.15, 0.2) is 9.84 Å². The van der Waals surface area contributed by atoms with Crippen molar-refractivity contribution in [3.8, 4) is 6.07 Å². The molecule has 4 nitrogen and oxygen atoms in total. The van der Waals surface area contributed by atoms with Gasteiger partial charge >= 0.3 is 0 Å². The van der Waals surface area contributed by atoms with E-state index in [9.17, 15) is 8.42 Å². The molecule has 0 atom stereocenters. The molecular formula is C15H22N2O2S. The van der Waals surface area contributed by atoms with Crippen molar-refractivity contribution in [3.63, 3.8) is 0 Å². The lowest BCUT2D eigenvalue weighted by molar-refractivity contribution is 0.326. The van der Waals surface area contributed by atoms with E-state index < -0.39 is 9.84 Å². The van der Waals surface area contributed by atoms with E-state index in [4.69, 9.17) is 5.26 Å². The van der Waals surface area contributed by atoms with Crippen LogP contribution < -0.4 is 0 Å². The normalized spacial score (nSPS) is 11.8. The molecule has 0 bridgehead atoms. The lowest BCUT2D eigenvalue weighted by atomic mass is 10.1. The highest BCUT2D eigenvalue weighted by atomic mass is 32.2. The summed E-state index contributed by atoms with van der Waals surface area (Å²) in [5.41, 5.74) is 0.374. The van der Waals surface area contributed by atoms with Gasteiger partial charge in [0.25, 0.3) is 0 Å². The third-order valence-corrected chi connectivity index (χ3v) is 4.84. The van der Waals surface area contributed by atoms with Crippen molar-refractivity contribution in [2.24, 2.45) is 5.92 Å². The second-order valence-corrected chi connectivity index (χ2v) is 7.55. The summed E-state index contributed by atoms with van der Waals surface area (Å²) in [7, 11) is -1.39. The predicted octanol–water partition coefficient (Wildman–Crippen LogP) is 2.31. The third kappa shape index (κ3) is 5.32. The van der Waals surface area contributed by atoms with Crippen molar-refractivity contribution < 1.29 is 8.42 Å². The fraction of sp³-hybridized carbons (Fsp3) is 0.533. The lowest BCUT2D eigenvalue weighted by Gasteiger charge is -2.17. The highest BCUT2D eigenvalue weighted by Gasteiger charge is 2.15. The van der Waals surface area contributed by atoms with Crippen LogP contribution in [0.25, 0.3) is 0 Å². The molecular weight excluding hydrogens is 272 g/mol. The Labute approximate surface area is 121 Å². The van der Waals surface area contributed by atoms with Crippen molar-refractivity contribution in [2.45, 2.75) is 25.2 Å². The summed E-state index contributed by atoms with van der Waals surface area (Å²) in [6.45, 7) is 5.70. The molecule has 1 rings (SSSR count). The molecule has 20 heavy (non-hydrogen) atoms. The highest BCUT2D eigenvalue weighted by molar-refractivity contribution is 7.91. The fourth-order valence-electron chi connectivity index (χ4n) is 1.74. The second-order valence-electron chi connectivity index (χ2n) is 5.44. The van der Waals surface area contributed by atoms with Gasteiger partial charge in [-0.15, -0.1) is 0 Å². The topological polar surface area (TPSA) is 61.2 Å². The van der Waals surface area contributed by atoms with Crippen LogP contribution in [0.4, 0.5) is 0 Å². The zero-order chi connectivity index (χ0) is 15.2. The molecule has 1 aromatic rings. The smallest absolute Gasteiger partial charge is 0.179 e.